The average molecular weight is 691 g/mol. The Kier molecular flexibility index (Phi) is 10.2. The molecule has 7 rings (SSSR count). The molecule has 11 nitrogen and oxygen atoms in total. The van der Waals surface area contributed by atoms with Crippen molar-refractivity contribution in [3.63, 3.8) is 0 Å². The second-order valence-corrected chi connectivity index (χ2v) is 13.5. The number of hydroxylamine groups is 1. The number of carbonyl (C=O) groups excluding carboxylic acids is 1. The zero-order valence-corrected chi connectivity index (χ0v) is 28.7. The highest BCUT2D eigenvalue weighted by atomic mass is 35.5. The Morgan fingerprint density at radius 1 is 1.00 bits per heavy atom. The number of nitrogens with zero attached hydrogens (tertiary/aromatic N) is 6. The maximum absolute atomic E-state index is 15.0. The van der Waals surface area contributed by atoms with E-state index in [1.165, 1.54) is 50.8 Å². The van der Waals surface area contributed by atoms with Gasteiger partial charge in [0.15, 0.2) is 5.82 Å². The van der Waals surface area contributed by atoms with Gasteiger partial charge in [-0.2, -0.15) is 0 Å². The van der Waals surface area contributed by atoms with Crippen molar-refractivity contribution in [2.24, 2.45) is 0 Å². The summed E-state index contributed by atoms with van der Waals surface area (Å²) in [6.07, 6.45) is 9.34. The number of aromatic nitrogens is 2. The van der Waals surface area contributed by atoms with Gasteiger partial charge in [-0.3, -0.25) is 19.4 Å². The first-order valence-corrected chi connectivity index (χ1v) is 17.6. The van der Waals surface area contributed by atoms with Crippen LogP contribution in [0.5, 0.6) is 5.75 Å². The van der Waals surface area contributed by atoms with E-state index in [0.29, 0.717) is 53.4 Å². The number of piperidine rings is 1. The molecule has 1 amide bonds. The lowest BCUT2D eigenvalue weighted by Gasteiger charge is -2.40. The first-order valence-electron chi connectivity index (χ1n) is 17.3. The maximum atomic E-state index is 15.0. The molecule has 0 bridgehead atoms. The molecule has 0 radical (unpaired) electrons. The van der Waals surface area contributed by atoms with Crippen LogP contribution in [0.1, 0.15) is 50.1 Å². The number of anilines is 5. The molecule has 3 aliphatic heterocycles. The Morgan fingerprint density at radius 3 is 2.47 bits per heavy atom. The summed E-state index contributed by atoms with van der Waals surface area (Å²) in [5, 5.41) is 8.00. The lowest BCUT2D eigenvalue weighted by molar-refractivity contribution is -0.111. The normalized spacial score (nSPS) is 21.0. The zero-order valence-electron chi connectivity index (χ0n) is 27.9. The number of ether oxygens (including phenoxy) is 1. The number of amides is 1. The van der Waals surface area contributed by atoms with Gasteiger partial charge in [-0.15, -0.1) is 0 Å². The highest BCUT2D eigenvalue weighted by Gasteiger charge is 2.34. The molecule has 3 saturated heterocycles. The van der Waals surface area contributed by atoms with Crippen LogP contribution in [0.2, 0.25) is 5.02 Å². The van der Waals surface area contributed by atoms with E-state index < -0.39 is 11.9 Å². The van der Waals surface area contributed by atoms with Gasteiger partial charge in [0.25, 0.3) is 0 Å². The fourth-order valence-electron chi connectivity index (χ4n) is 7.41. The van der Waals surface area contributed by atoms with Crippen molar-refractivity contribution in [1.82, 2.24) is 19.8 Å². The summed E-state index contributed by atoms with van der Waals surface area (Å²) in [6.45, 7) is 10.5. The van der Waals surface area contributed by atoms with E-state index in [4.69, 9.17) is 21.2 Å². The van der Waals surface area contributed by atoms with Crippen molar-refractivity contribution in [3.05, 3.63) is 71.8 Å². The third-order valence-corrected chi connectivity index (χ3v) is 10.4. The summed E-state index contributed by atoms with van der Waals surface area (Å²) in [4.78, 5) is 35.1. The quantitative estimate of drug-likeness (QED) is 0.241. The molecule has 4 aliphatic rings. The molecule has 0 spiro atoms. The van der Waals surface area contributed by atoms with Crippen LogP contribution in [0, 0.1) is 5.82 Å². The van der Waals surface area contributed by atoms with E-state index in [9.17, 15) is 9.18 Å². The number of benzene rings is 2. The molecule has 49 heavy (non-hydrogen) atoms. The molecule has 4 heterocycles. The first-order chi connectivity index (χ1) is 23.9. The molecule has 1 atom stereocenters. The maximum Gasteiger partial charge on any atom is 0.247 e. The Bertz CT molecular complexity index is 1670. The van der Waals surface area contributed by atoms with Gasteiger partial charge in [0.2, 0.25) is 5.91 Å². The minimum absolute atomic E-state index is 0.0614. The van der Waals surface area contributed by atoms with Gasteiger partial charge in [0.1, 0.15) is 23.7 Å². The highest BCUT2D eigenvalue weighted by Crippen LogP contribution is 2.41. The largest absolute Gasteiger partial charge is 0.494 e. The van der Waals surface area contributed by atoms with Gasteiger partial charge >= 0.3 is 0 Å². The number of hydrogen-bond acceptors (Lipinski definition) is 10. The number of halogens is 2. The van der Waals surface area contributed by atoms with Crippen LogP contribution in [-0.4, -0.2) is 90.7 Å². The van der Waals surface area contributed by atoms with Gasteiger partial charge in [-0.1, -0.05) is 30.3 Å². The molecule has 13 heteroatoms. The Morgan fingerprint density at radius 2 is 1.76 bits per heavy atom. The minimum atomic E-state index is -0.470. The Labute approximate surface area is 292 Å². The summed E-state index contributed by atoms with van der Waals surface area (Å²) < 4.78 is 20.8. The minimum Gasteiger partial charge on any atom is -0.494 e. The lowest BCUT2D eigenvalue weighted by Crippen LogP contribution is -2.46. The standard InChI is InChI=1S/C36H44ClFN8O3/c1-3-35(47)42-28-20-29(41-33-22-34(40-23-39-33)46-30(12-19-49-46)26-6-4-7-27(37)36(26)38)32(48-2)21-31(28)45-15-10-25(11-16-45)44-14-5-13-43(17-18-44)24-8-9-24/h3-4,6-7,20-25,30H,1,5,8-19H2,2H3,(H,42,47)(H,39,40,41). The summed E-state index contributed by atoms with van der Waals surface area (Å²) in [5.74, 6) is 0.756. The number of rotatable bonds is 10. The monoisotopic (exact) mass is 690 g/mol. The molecule has 3 aromatic rings. The van der Waals surface area contributed by atoms with Crippen molar-refractivity contribution in [1.29, 1.82) is 0 Å². The van der Waals surface area contributed by atoms with Gasteiger partial charge in [0.05, 0.1) is 41.8 Å². The van der Waals surface area contributed by atoms with E-state index in [2.05, 4.69) is 41.9 Å². The molecular weight excluding hydrogens is 647 g/mol. The summed E-state index contributed by atoms with van der Waals surface area (Å²) in [7, 11) is 1.62. The molecule has 4 fully saturated rings. The third-order valence-electron chi connectivity index (χ3n) is 10.1. The topological polar surface area (TPSA) is 98.3 Å². The van der Waals surface area contributed by atoms with Crippen molar-refractivity contribution >= 4 is 46.2 Å². The van der Waals surface area contributed by atoms with Gasteiger partial charge in [-0.25, -0.2) is 19.4 Å². The van der Waals surface area contributed by atoms with Crippen LogP contribution in [-0.2, 0) is 9.63 Å². The second-order valence-electron chi connectivity index (χ2n) is 13.1. The fraction of sp³-hybridized carbons (Fsp3) is 0.472. The molecule has 1 saturated carbocycles. The van der Waals surface area contributed by atoms with Crippen molar-refractivity contribution in [2.45, 2.75) is 56.7 Å². The SMILES string of the molecule is C=CC(=O)Nc1cc(Nc2cc(N3OCCC3c3cccc(Cl)c3F)ncn2)c(OC)cc1N1CCC(N2CCCN(C3CC3)CC2)CC1. The first kappa shape index (κ1) is 33.5. The van der Waals surface area contributed by atoms with Crippen LogP contribution >= 0.6 is 11.6 Å². The number of carbonyl (C=O) groups is 1. The third kappa shape index (κ3) is 7.47. The van der Waals surface area contributed by atoms with E-state index in [0.717, 1.165) is 50.7 Å². The molecule has 1 unspecified atom stereocenters. The smallest absolute Gasteiger partial charge is 0.247 e. The van der Waals surface area contributed by atoms with E-state index in [1.807, 2.05) is 12.1 Å². The summed E-state index contributed by atoms with van der Waals surface area (Å²) in [5.41, 5.74) is 2.59. The van der Waals surface area contributed by atoms with E-state index >= 15 is 0 Å². The van der Waals surface area contributed by atoms with Gasteiger partial charge in [0, 0.05) is 62.4 Å². The van der Waals surface area contributed by atoms with Crippen molar-refractivity contribution in [3.8, 4) is 5.75 Å². The molecule has 1 aliphatic carbocycles. The fourth-order valence-corrected chi connectivity index (χ4v) is 7.59. The van der Waals surface area contributed by atoms with Crippen LogP contribution < -0.4 is 25.3 Å². The molecule has 2 N–H and O–H groups in total. The Hall–Kier alpha value is -3.97. The molecular formula is C36H44ClFN8O3. The average Bonchev–Trinajstić information content (AvgIpc) is 3.90. The predicted molar refractivity (Wildman–Crippen MR) is 190 cm³/mol. The van der Waals surface area contributed by atoms with E-state index in [1.54, 1.807) is 30.4 Å². The zero-order chi connectivity index (χ0) is 33.9. The molecule has 2 aromatic carbocycles. The number of nitrogens with one attached hydrogen (secondary N) is 2. The molecule has 1 aromatic heterocycles. The van der Waals surface area contributed by atoms with Gasteiger partial charge in [-0.05, 0) is 63.4 Å². The number of hydrogen-bond donors (Lipinski definition) is 2. The van der Waals surface area contributed by atoms with Crippen LogP contribution in [0.25, 0.3) is 0 Å². The Balaban J connectivity index is 1.09. The highest BCUT2D eigenvalue weighted by molar-refractivity contribution is 6.30. The van der Waals surface area contributed by atoms with Gasteiger partial charge < -0.3 is 20.3 Å². The summed E-state index contributed by atoms with van der Waals surface area (Å²) in [6, 6.07) is 11.5. The van der Waals surface area contributed by atoms with Crippen LogP contribution in [0.15, 0.2) is 55.4 Å². The van der Waals surface area contributed by atoms with Crippen LogP contribution in [0.4, 0.5) is 33.1 Å². The van der Waals surface area contributed by atoms with E-state index in [-0.39, 0.29) is 10.9 Å². The predicted octanol–water partition coefficient (Wildman–Crippen LogP) is 6.17. The molecule has 260 valence electrons. The van der Waals surface area contributed by atoms with Crippen LogP contribution in [0.3, 0.4) is 0 Å². The van der Waals surface area contributed by atoms with Crippen molar-refractivity contribution < 1.29 is 18.8 Å². The van der Waals surface area contributed by atoms with Crippen molar-refractivity contribution in [2.75, 3.05) is 73.6 Å². The lowest BCUT2D eigenvalue weighted by atomic mass is 10.0. The summed E-state index contributed by atoms with van der Waals surface area (Å²) >= 11 is 6.08. The second kappa shape index (κ2) is 14.9. The number of methoxy groups -OCH3 is 1.